The maximum absolute atomic E-state index is 12.2. The van der Waals surface area contributed by atoms with Gasteiger partial charge in [0.2, 0.25) is 0 Å². The summed E-state index contributed by atoms with van der Waals surface area (Å²) in [5.41, 5.74) is -0.579. The van der Waals surface area contributed by atoms with E-state index in [1.165, 1.54) is 18.2 Å². The molecule has 0 aliphatic carbocycles. The fourth-order valence-electron chi connectivity index (χ4n) is 1.40. The monoisotopic (exact) mass is 300 g/mol. The van der Waals surface area contributed by atoms with Gasteiger partial charge in [-0.2, -0.15) is 13.2 Å². The molecule has 0 aliphatic rings. The first kappa shape index (κ1) is 16.9. The number of esters is 1. The molecule has 0 aliphatic heterocycles. The fourth-order valence-corrected chi connectivity index (χ4v) is 1.40. The van der Waals surface area contributed by atoms with Crippen LogP contribution in [0.1, 0.15) is 36.7 Å². The van der Waals surface area contributed by atoms with Crippen LogP contribution in [0.3, 0.4) is 0 Å². The summed E-state index contributed by atoms with van der Waals surface area (Å²) in [5.74, 6) is 1.28. The Morgan fingerprint density at radius 3 is 2.38 bits per heavy atom. The lowest BCUT2D eigenvalue weighted by atomic mass is 10.1. The number of ether oxygens (including phenoxy) is 2. The van der Waals surface area contributed by atoms with E-state index in [2.05, 4.69) is 10.7 Å². The van der Waals surface area contributed by atoms with Crippen molar-refractivity contribution in [1.82, 2.24) is 0 Å². The number of benzene rings is 1. The maximum atomic E-state index is 12.2. The Labute approximate surface area is 121 Å². The third-order valence-corrected chi connectivity index (χ3v) is 2.16. The van der Waals surface area contributed by atoms with E-state index in [1.54, 1.807) is 20.8 Å². The summed E-state index contributed by atoms with van der Waals surface area (Å²) in [5, 5.41) is 0. The molecular weight excluding hydrogens is 285 g/mol. The Hall–Kier alpha value is -2.16. The molecular formula is C15H15F3O3. The minimum absolute atomic E-state index is 0.135. The van der Waals surface area contributed by atoms with Gasteiger partial charge in [0.05, 0.1) is 0 Å². The molecule has 0 unspecified atom stereocenters. The van der Waals surface area contributed by atoms with Crippen LogP contribution in [0.4, 0.5) is 13.2 Å². The summed E-state index contributed by atoms with van der Waals surface area (Å²) in [6, 6.07) is 3.87. The van der Waals surface area contributed by atoms with Crippen LogP contribution in [0.25, 0.3) is 0 Å². The van der Waals surface area contributed by atoms with Crippen molar-refractivity contribution in [2.24, 2.45) is 0 Å². The van der Waals surface area contributed by atoms with E-state index in [0.717, 1.165) is 0 Å². The number of alkyl halides is 3. The van der Waals surface area contributed by atoms with Crippen molar-refractivity contribution in [3.05, 3.63) is 29.3 Å². The van der Waals surface area contributed by atoms with Crippen molar-refractivity contribution < 1.29 is 27.4 Å². The lowest BCUT2D eigenvalue weighted by Gasteiger charge is -2.21. The van der Waals surface area contributed by atoms with Crippen molar-refractivity contribution >= 4 is 5.97 Å². The highest BCUT2D eigenvalue weighted by Gasteiger charge is 2.30. The van der Waals surface area contributed by atoms with Crippen LogP contribution in [-0.2, 0) is 4.74 Å². The van der Waals surface area contributed by atoms with Gasteiger partial charge in [0.1, 0.15) is 16.9 Å². The van der Waals surface area contributed by atoms with E-state index in [-0.39, 0.29) is 11.3 Å². The molecule has 0 spiro atoms. The molecule has 0 atom stereocenters. The Morgan fingerprint density at radius 1 is 1.29 bits per heavy atom. The molecule has 0 N–H and O–H groups in total. The summed E-state index contributed by atoms with van der Waals surface area (Å²) >= 11 is 0. The molecule has 1 rings (SSSR count). The molecule has 0 radical (unpaired) electrons. The number of hydrogen-bond acceptors (Lipinski definition) is 3. The highest BCUT2D eigenvalue weighted by molar-refractivity contribution is 5.93. The predicted octanol–water partition coefficient (Wildman–Crippen LogP) is 3.56. The van der Waals surface area contributed by atoms with Gasteiger partial charge in [-0.15, -0.1) is 6.42 Å². The van der Waals surface area contributed by atoms with E-state index in [4.69, 9.17) is 11.2 Å². The second kappa shape index (κ2) is 6.08. The first-order valence-electron chi connectivity index (χ1n) is 6.05. The first-order valence-corrected chi connectivity index (χ1v) is 6.05. The fraction of sp³-hybridized carbons (Fsp3) is 0.400. The number of rotatable bonds is 3. The van der Waals surface area contributed by atoms with Gasteiger partial charge in [0.15, 0.2) is 6.61 Å². The van der Waals surface area contributed by atoms with Gasteiger partial charge in [-0.1, -0.05) is 5.92 Å². The zero-order valence-electron chi connectivity index (χ0n) is 11.9. The van der Waals surface area contributed by atoms with Crippen molar-refractivity contribution in [3.8, 4) is 18.1 Å². The van der Waals surface area contributed by atoms with Crippen LogP contribution in [0, 0.1) is 12.3 Å². The van der Waals surface area contributed by atoms with Crippen LogP contribution in [0.2, 0.25) is 0 Å². The second-order valence-electron chi connectivity index (χ2n) is 5.26. The molecule has 0 amide bonds. The average molecular weight is 300 g/mol. The summed E-state index contributed by atoms with van der Waals surface area (Å²) in [7, 11) is 0. The highest BCUT2D eigenvalue weighted by Crippen LogP contribution is 2.25. The standard InChI is InChI=1S/C15H15F3O3/c1-5-10-6-7-12(20-9-15(16,17)18)11(8-10)13(19)21-14(2,3)4/h1,6-8H,9H2,2-4H3. The number of halogens is 3. The molecule has 0 bridgehead atoms. The van der Waals surface area contributed by atoms with Gasteiger partial charge in [-0.3, -0.25) is 0 Å². The lowest BCUT2D eigenvalue weighted by Crippen LogP contribution is -2.25. The molecule has 6 heteroatoms. The minimum Gasteiger partial charge on any atom is -0.483 e. The SMILES string of the molecule is C#Cc1ccc(OCC(F)(F)F)c(C(=O)OC(C)(C)C)c1. The largest absolute Gasteiger partial charge is 0.483 e. The Morgan fingerprint density at radius 2 is 1.90 bits per heavy atom. The van der Waals surface area contributed by atoms with E-state index in [1.807, 2.05) is 0 Å². The van der Waals surface area contributed by atoms with Crippen LogP contribution in [0.5, 0.6) is 5.75 Å². The smallest absolute Gasteiger partial charge is 0.422 e. The summed E-state index contributed by atoms with van der Waals surface area (Å²) < 4.78 is 46.4. The lowest BCUT2D eigenvalue weighted by molar-refractivity contribution is -0.153. The molecule has 1 aromatic carbocycles. The van der Waals surface area contributed by atoms with E-state index in [0.29, 0.717) is 5.56 Å². The predicted molar refractivity (Wildman–Crippen MR) is 71.1 cm³/mol. The average Bonchev–Trinajstić information content (AvgIpc) is 2.33. The molecule has 0 aromatic heterocycles. The van der Waals surface area contributed by atoms with Gasteiger partial charge in [-0.25, -0.2) is 4.79 Å². The van der Waals surface area contributed by atoms with Crippen molar-refractivity contribution in [2.75, 3.05) is 6.61 Å². The zero-order chi connectivity index (χ0) is 16.3. The van der Waals surface area contributed by atoms with E-state index < -0.39 is 24.4 Å². The first-order chi connectivity index (χ1) is 9.52. The summed E-state index contributed by atoms with van der Waals surface area (Å²) in [4.78, 5) is 12.0. The second-order valence-corrected chi connectivity index (χ2v) is 5.26. The van der Waals surface area contributed by atoms with Crippen LogP contribution >= 0.6 is 0 Å². The molecule has 0 heterocycles. The molecule has 0 saturated carbocycles. The highest BCUT2D eigenvalue weighted by atomic mass is 19.4. The summed E-state index contributed by atoms with van der Waals surface area (Å²) in [6.07, 6.45) is 0.712. The molecule has 0 saturated heterocycles. The molecule has 114 valence electrons. The Bertz CT molecular complexity index is 563. The van der Waals surface area contributed by atoms with Crippen LogP contribution in [-0.4, -0.2) is 24.4 Å². The van der Waals surface area contributed by atoms with E-state index in [9.17, 15) is 18.0 Å². The number of hydrogen-bond donors (Lipinski definition) is 0. The third kappa shape index (κ3) is 5.78. The van der Waals surface area contributed by atoms with Gasteiger partial charge < -0.3 is 9.47 Å². The summed E-state index contributed by atoms with van der Waals surface area (Å²) in [6.45, 7) is 3.43. The van der Waals surface area contributed by atoms with Crippen LogP contribution < -0.4 is 4.74 Å². The number of carbonyl (C=O) groups excluding carboxylic acids is 1. The number of carbonyl (C=O) groups is 1. The van der Waals surface area contributed by atoms with Crippen molar-refractivity contribution in [1.29, 1.82) is 0 Å². The van der Waals surface area contributed by atoms with Crippen LogP contribution in [0.15, 0.2) is 18.2 Å². The molecule has 1 aromatic rings. The normalized spacial score (nSPS) is 11.7. The Balaban J connectivity index is 3.08. The van der Waals surface area contributed by atoms with Gasteiger partial charge >= 0.3 is 12.1 Å². The molecule has 3 nitrogen and oxygen atoms in total. The molecule has 21 heavy (non-hydrogen) atoms. The third-order valence-electron chi connectivity index (χ3n) is 2.16. The van der Waals surface area contributed by atoms with E-state index >= 15 is 0 Å². The minimum atomic E-state index is -4.50. The zero-order valence-corrected chi connectivity index (χ0v) is 11.9. The topological polar surface area (TPSA) is 35.5 Å². The van der Waals surface area contributed by atoms with Gasteiger partial charge in [0.25, 0.3) is 0 Å². The van der Waals surface area contributed by atoms with Crippen molar-refractivity contribution in [2.45, 2.75) is 32.5 Å². The molecule has 0 fully saturated rings. The quantitative estimate of drug-likeness (QED) is 0.632. The van der Waals surface area contributed by atoms with Crippen molar-refractivity contribution in [3.63, 3.8) is 0 Å². The number of terminal acetylenes is 1. The van der Waals surface area contributed by atoms with Gasteiger partial charge in [-0.05, 0) is 39.0 Å². The van der Waals surface area contributed by atoms with Gasteiger partial charge in [0, 0.05) is 5.56 Å². The Kier molecular flexibility index (Phi) is 4.89. The maximum Gasteiger partial charge on any atom is 0.422 e.